The van der Waals surface area contributed by atoms with Crippen LogP contribution < -0.4 is 10.2 Å². The van der Waals surface area contributed by atoms with Crippen molar-refractivity contribution >= 4 is 33.6 Å². The molecule has 1 fully saturated rings. The molecule has 190 valence electrons. The fourth-order valence-electron chi connectivity index (χ4n) is 5.28. The van der Waals surface area contributed by atoms with Crippen LogP contribution in [0.3, 0.4) is 0 Å². The first-order valence-corrected chi connectivity index (χ1v) is 12.4. The number of anilines is 2. The van der Waals surface area contributed by atoms with Gasteiger partial charge in [0.15, 0.2) is 0 Å². The Morgan fingerprint density at radius 1 is 0.973 bits per heavy atom. The third kappa shape index (κ3) is 4.50. The van der Waals surface area contributed by atoms with Crippen molar-refractivity contribution in [1.29, 1.82) is 0 Å². The molecule has 1 saturated heterocycles. The van der Waals surface area contributed by atoms with Crippen molar-refractivity contribution in [2.75, 3.05) is 23.3 Å². The number of hydrogen-bond acceptors (Lipinski definition) is 4. The molecule has 1 aliphatic rings. The number of piperidine rings is 1. The van der Waals surface area contributed by atoms with Crippen molar-refractivity contribution < 1.29 is 13.2 Å². The molecule has 0 amide bonds. The molecule has 1 N–H and O–H groups in total. The Kier molecular flexibility index (Phi) is 5.98. The molecule has 0 aliphatic carbocycles. The van der Waals surface area contributed by atoms with Crippen LogP contribution in [0.4, 0.5) is 24.8 Å². The van der Waals surface area contributed by atoms with Crippen molar-refractivity contribution in [3.63, 3.8) is 0 Å². The van der Waals surface area contributed by atoms with E-state index < -0.39 is 6.43 Å². The molecule has 0 saturated carbocycles. The minimum atomic E-state index is -2.45. The van der Waals surface area contributed by atoms with E-state index in [2.05, 4.69) is 26.4 Å². The highest BCUT2D eigenvalue weighted by Gasteiger charge is 2.25. The summed E-state index contributed by atoms with van der Waals surface area (Å²) in [6.45, 7) is 1.08. The fourth-order valence-corrected chi connectivity index (χ4v) is 5.28. The SMILES string of the molecule is Cn1nc(-c2cccc(F)c2)c2ccc(NC3CCN(c4nc5ccccc5n4CC(F)F)CC3)cc21. The number of aryl methyl sites for hydroxylation is 1. The molecule has 5 aromatic rings. The van der Waals surface area contributed by atoms with E-state index in [1.807, 2.05) is 54.2 Å². The van der Waals surface area contributed by atoms with Gasteiger partial charge in [0.2, 0.25) is 5.95 Å². The summed E-state index contributed by atoms with van der Waals surface area (Å²) in [5.41, 5.74) is 4.92. The lowest BCUT2D eigenvalue weighted by Gasteiger charge is -2.33. The maximum Gasteiger partial charge on any atom is 0.256 e. The number of nitrogens with zero attached hydrogens (tertiary/aromatic N) is 5. The standard InChI is InChI=1S/C28H27F3N6/c1-35-25-16-21(9-10-22(25)27(34-35)18-5-4-6-19(29)15-18)32-20-11-13-36(14-12-20)28-33-23-7-2-3-8-24(23)37(28)17-26(30)31/h2-10,15-16,20,26,32H,11-14,17H2,1H3. The molecule has 3 aromatic carbocycles. The van der Waals surface area contributed by atoms with Crippen LogP contribution >= 0.6 is 0 Å². The van der Waals surface area contributed by atoms with Crippen LogP contribution in [0.1, 0.15) is 12.8 Å². The normalized spacial score (nSPS) is 14.8. The minimum absolute atomic E-state index is 0.248. The molecule has 0 atom stereocenters. The van der Waals surface area contributed by atoms with Gasteiger partial charge < -0.3 is 14.8 Å². The number of hydrogen-bond donors (Lipinski definition) is 1. The lowest BCUT2D eigenvalue weighted by molar-refractivity contribution is 0.128. The van der Waals surface area contributed by atoms with Gasteiger partial charge >= 0.3 is 0 Å². The number of para-hydroxylation sites is 2. The second-order valence-electron chi connectivity index (χ2n) is 9.52. The third-order valence-electron chi connectivity index (χ3n) is 7.05. The first-order chi connectivity index (χ1) is 18.0. The molecule has 0 unspecified atom stereocenters. The number of benzene rings is 3. The van der Waals surface area contributed by atoms with E-state index in [-0.39, 0.29) is 18.4 Å². The molecular weight excluding hydrogens is 477 g/mol. The average Bonchev–Trinajstić information content (AvgIpc) is 3.42. The zero-order valence-electron chi connectivity index (χ0n) is 20.4. The van der Waals surface area contributed by atoms with Gasteiger partial charge in [0.1, 0.15) is 11.5 Å². The first-order valence-electron chi connectivity index (χ1n) is 12.4. The Balaban J connectivity index is 1.18. The Hall–Kier alpha value is -4.01. The predicted molar refractivity (Wildman–Crippen MR) is 141 cm³/mol. The Morgan fingerprint density at radius 2 is 1.78 bits per heavy atom. The first kappa shape index (κ1) is 23.4. The topological polar surface area (TPSA) is 50.9 Å². The molecule has 3 heterocycles. The van der Waals surface area contributed by atoms with Crippen LogP contribution in [0.5, 0.6) is 0 Å². The highest BCUT2D eigenvalue weighted by molar-refractivity contribution is 5.95. The van der Waals surface area contributed by atoms with Crippen molar-refractivity contribution in [2.45, 2.75) is 31.9 Å². The van der Waals surface area contributed by atoms with Gasteiger partial charge in [-0.15, -0.1) is 0 Å². The van der Waals surface area contributed by atoms with Gasteiger partial charge in [-0.1, -0.05) is 24.3 Å². The van der Waals surface area contributed by atoms with Crippen LogP contribution in [-0.4, -0.2) is 44.9 Å². The van der Waals surface area contributed by atoms with Crippen molar-refractivity contribution in [3.05, 3.63) is 72.5 Å². The van der Waals surface area contributed by atoms with Gasteiger partial charge in [-0.3, -0.25) is 4.68 Å². The number of halogens is 3. The average molecular weight is 505 g/mol. The van der Waals surface area contributed by atoms with E-state index in [9.17, 15) is 13.2 Å². The lowest BCUT2D eigenvalue weighted by Crippen LogP contribution is -2.40. The van der Waals surface area contributed by atoms with E-state index >= 15 is 0 Å². The minimum Gasteiger partial charge on any atom is -0.382 e. The van der Waals surface area contributed by atoms with Gasteiger partial charge in [0, 0.05) is 42.8 Å². The summed E-state index contributed by atoms with van der Waals surface area (Å²) < 4.78 is 43.9. The van der Waals surface area contributed by atoms with Gasteiger partial charge in [-0.2, -0.15) is 5.10 Å². The van der Waals surface area contributed by atoms with E-state index in [4.69, 9.17) is 0 Å². The molecule has 0 bridgehead atoms. The summed E-state index contributed by atoms with van der Waals surface area (Å²) in [6.07, 6.45) is -0.731. The highest BCUT2D eigenvalue weighted by atomic mass is 19.3. The molecule has 2 aromatic heterocycles. The fraction of sp³-hybridized carbons (Fsp3) is 0.286. The Bertz CT molecular complexity index is 1570. The van der Waals surface area contributed by atoms with Gasteiger partial charge in [-0.05, 0) is 55.3 Å². The number of fused-ring (bicyclic) bond motifs is 2. The van der Waals surface area contributed by atoms with E-state index in [0.717, 1.165) is 64.8 Å². The van der Waals surface area contributed by atoms with E-state index in [1.54, 1.807) is 10.6 Å². The zero-order valence-corrected chi connectivity index (χ0v) is 20.4. The smallest absolute Gasteiger partial charge is 0.256 e. The molecular formula is C28H27F3N6. The summed E-state index contributed by atoms with van der Waals surface area (Å²) in [4.78, 5) is 6.78. The maximum atomic E-state index is 13.8. The van der Waals surface area contributed by atoms with Gasteiger partial charge in [-0.25, -0.2) is 18.2 Å². The quantitative estimate of drug-likeness (QED) is 0.305. The summed E-state index contributed by atoms with van der Waals surface area (Å²) in [5, 5.41) is 9.23. The van der Waals surface area contributed by atoms with E-state index in [1.165, 1.54) is 12.1 Å². The maximum absolute atomic E-state index is 13.8. The summed E-state index contributed by atoms with van der Waals surface area (Å²) in [7, 11) is 1.89. The summed E-state index contributed by atoms with van der Waals surface area (Å²) >= 11 is 0. The number of aromatic nitrogens is 4. The summed E-state index contributed by atoms with van der Waals surface area (Å²) in [5.74, 6) is 0.326. The number of alkyl halides is 2. The van der Waals surface area contributed by atoms with Crippen molar-refractivity contribution in [1.82, 2.24) is 19.3 Å². The summed E-state index contributed by atoms with van der Waals surface area (Å²) in [6, 6.07) is 20.3. The van der Waals surface area contributed by atoms with Crippen LogP contribution in [0, 0.1) is 5.82 Å². The second kappa shape index (κ2) is 9.46. The highest BCUT2D eigenvalue weighted by Crippen LogP contribution is 2.31. The molecule has 9 heteroatoms. The monoisotopic (exact) mass is 504 g/mol. The Labute approximate surface area is 212 Å². The predicted octanol–water partition coefficient (Wildman–Crippen LogP) is 6.08. The van der Waals surface area contributed by atoms with Crippen LogP contribution in [0.2, 0.25) is 0 Å². The van der Waals surface area contributed by atoms with Crippen LogP contribution in [-0.2, 0) is 13.6 Å². The molecule has 0 radical (unpaired) electrons. The molecule has 6 nitrogen and oxygen atoms in total. The molecule has 1 aliphatic heterocycles. The number of rotatable bonds is 6. The van der Waals surface area contributed by atoms with Crippen LogP contribution in [0.15, 0.2) is 66.7 Å². The largest absolute Gasteiger partial charge is 0.382 e. The van der Waals surface area contributed by atoms with Gasteiger partial charge in [0.05, 0.1) is 23.1 Å². The van der Waals surface area contributed by atoms with Crippen molar-refractivity contribution in [2.24, 2.45) is 7.05 Å². The lowest BCUT2D eigenvalue weighted by atomic mass is 10.0. The molecule has 6 rings (SSSR count). The molecule has 0 spiro atoms. The number of imidazole rings is 1. The number of nitrogens with one attached hydrogen (secondary N) is 1. The van der Waals surface area contributed by atoms with Gasteiger partial charge in [0.25, 0.3) is 6.43 Å². The molecule has 37 heavy (non-hydrogen) atoms. The van der Waals surface area contributed by atoms with E-state index in [0.29, 0.717) is 5.95 Å². The second-order valence-corrected chi connectivity index (χ2v) is 9.52. The zero-order chi connectivity index (χ0) is 25.5. The third-order valence-corrected chi connectivity index (χ3v) is 7.05. The van der Waals surface area contributed by atoms with Crippen molar-refractivity contribution in [3.8, 4) is 11.3 Å². The Morgan fingerprint density at radius 3 is 2.57 bits per heavy atom. The van der Waals surface area contributed by atoms with Crippen LogP contribution in [0.25, 0.3) is 33.2 Å².